The van der Waals surface area contributed by atoms with Crippen molar-refractivity contribution in [2.45, 2.75) is 360 Å². The smallest absolute Gasteiger partial charge is 0.306 e. The molecule has 0 saturated heterocycles. The molecule has 0 aliphatic carbocycles. The van der Waals surface area contributed by atoms with Gasteiger partial charge in [-0.1, -0.05) is 282 Å². The molecule has 0 spiro atoms. The molecule has 0 bridgehead atoms. The standard InChI is InChI=1S/C65H123NO5/c1-4-7-10-13-16-19-22-25-28-31-34-37-40-43-46-49-52-55-58-65(70)71-61(56-53-50-47-44-41-38-35-32-29-26-23-20-17-14-11-8-5-2)59-64(69)66-62(60-67)63(68)57-54-51-48-45-42-39-36-33-30-27-24-21-18-15-12-9-6-3/h17,20,26,29,34,37,61-63,67-68H,4-16,18-19,21-25,27-28,30-33,35-36,38-60H2,1-3H3,(H,66,69)/b20-17-,29-26-,37-34+. The van der Waals surface area contributed by atoms with E-state index in [1.54, 1.807) is 0 Å². The van der Waals surface area contributed by atoms with E-state index in [-0.39, 0.29) is 24.9 Å². The number of esters is 1. The molecule has 3 unspecified atom stereocenters. The summed E-state index contributed by atoms with van der Waals surface area (Å²) >= 11 is 0. The number of carbonyl (C=O) groups is 2. The van der Waals surface area contributed by atoms with Gasteiger partial charge >= 0.3 is 5.97 Å². The SMILES string of the molecule is CCCCC/C=C\C/C=C\CCCCCCCCCC(CC(=O)NC(CO)C(O)CCCCCCCCCCCCCCCCCCC)OC(=O)CCCCCCC/C=C/CCCCCCCCCCC. The number of carbonyl (C=O) groups excluding carboxylic acids is 2. The molecule has 0 saturated carbocycles. The zero-order valence-electron chi connectivity index (χ0n) is 47.9. The Balaban J connectivity index is 4.54. The largest absolute Gasteiger partial charge is 0.462 e. The van der Waals surface area contributed by atoms with Crippen LogP contribution in [0.15, 0.2) is 36.5 Å². The highest BCUT2D eigenvalue weighted by atomic mass is 16.5. The lowest BCUT2D eigenvalue weighted by Gasteiger charge is -2.24. The Morgan fingerprint density at radius 2 is 0.718 bits per heavy atom. The number of ether oxygens (including phenoxy) is 1. The van der Waals surface area contributed by atoms with Crippen molar-refractivity contribution in [3.8, 4) is 0 Å². The Morgan fingerprint density at radius 1 is 0.408 bits per heavy atom. The van der Waals surface area contributed by atoms with Crippen LogP contribution in [0.3, 0.4) is 0 Å². The molecule has 0 radical (unpaired) electrons. The van der Waals surface area contributed by atoms with Gasteiger partial charge in [-0.05, 0) is 83.5 Å². The van der Waals surface area contributed by atoms with Crippen LogP contribution in [0.2, 0.25) is 0 Å². The maximum absolute atomic E-state index is 13.3. The zero-order chi connectivity index (χ0) is 51.6. The van der Waals surface area contributed by atoms with Crippen LogP contribution in [0, 0.1) is 0 Å². The second-order valence-corrected chi connectivity index (χ2v) is 21.8. The van der Waals surface area contributed by atoms with Crippen LogP contribution in [0.4, 0.5) is 0 Å². The van der Waals surface area contributed by atoms with Gasteiger partial charge in [0.1, 0.15) is 6.10 Å². The number of allylic oxidation sites excluding steroid dienone is 6. The molecular weight excluding hydrogens is 875 g/mol. The van der Waals surface area contributed by atoms with Gasteiger partial charge in [0.2, 0.25) is 5.91 Å². The van der Waals surface area contributed by atoms with Gasteiger partial charge in [0.15, 0.2) is 0 Å². The lowest BCUT2D eigenvalue weighted by Crippen LogP contribution is -2.46. The number of unbranched alkanes of at least 4 members (excludes halogenated alkanes) is 40. The highest BCUT2D eigenvalue weighted by Crippen LogP contribution is 2.19. The number of nitrogens with one attached hydrogen (secondary N) is 1. The normalized spacial score (nSPS) is 13.3. The highest BCUT2D eigenvalue weighted by Gasteiger charge is 2.24. The third kappa shape index (κ3) is 54.2. The lowest BCUT2D eigenvalue weighted by molar-refractivity contribution is -0.151. The Morgan fingerprint density at radius 3 is 1.11 bits per heavy atom. The van der Waals surface area contributed by atoms with Gasteiger partial charge in [-0.15, -0.1) is 0 Å². The van der Waals surface area contributed by atoms with Crippen LogP contribution < -0.4 is 5.32 Å². The fraction of sp³-hybridized carbons (Fsp3) is 0.877. The van der Waals surface area contributed by atoms with E-state index in [0.29, 0.717) is 19.3 Å². The van der Waals surface area contributed by atoms with Crippen molar-refractivity contribution in [2.75, 3.05) is 6.61 Å². The highest BCUT2D eigenvalue weighted by molar-refractivity contribution is 5.77. The Kier molecular flexibility index (Phi) is 57.4. The average Bonchev–Trinajstić information content (AvgIpc) is 3.36. The van der Waals surface area contributed by atoms with Crippen molar-refractivity contribution < 1.29 is 24.5 Å². The summed E-state index contributed by atoms with van der Waals surface area (Å²) in [7, 11) is 0. The second-order valence-electron chi connectivity index (χ2n) is 21.8. The minimum atomic E-state index is -0.792. The van der Waals surface area contributed by atoms with Crippen LogP contribution in [-0.2, 0) is 14.3 Å². The van der Waals surface area contributed by atoms with Crippen molar-refractivity contribution in [2.24, 2.45) is 0 Å². The molecule has 71 heavy (non-hydrogen) atoms. The summed E-state index contributed by atoms with van der Waals surface area (Å²) in [5.41, 5.74) is 0. The van der Waals surface area contributed by atoms with Crippen molar-refractivity contribution in [1.82, 2.24) is 5.32 Å². The van der Waals surface area contributed by atoms with Gasteiger partial charge < -0.3 is 20.3 Å². The zero-order valence-corrected chi connectivity index (χ0v) is 47.9. The third-order valence-electron chi connectivity index (χ3n) is 14.7. The molecule has 6 nitrogen and oxygen atoms in total. The van der Waals surface area contributed by atoms with Gasteiger partial charge in [-0.25, -0.2) is 0 Å². The molecule has 0 heterocycles. The van der Waals surface area contributed by atoms with Gasteiger partial charge in [0.25, 0.3) is 0 Å². The molecule has 6 heteroatoms. The summed E-state index contributed by atoms with van der Waals surface area (Å²) in [4.78, 5) is 26.4. The molecule has 0 aliphatic rings. The number of hydrogen-bond acceptors (Lipinski definition) is 5. The van der Waals surface area contributed by atoms with Crippen LogP contribution in [0.1, 0.15) is 342 Å². The van der Waals surface area contributed by atoms with Crippen molar-refractivity contribution in [3.63, 3.8) is 0 Å². The van der Waals surface area contributed by atoms with E-state index in [1.807, 2.05) is 0 Å². The summed E-state index contributed by atoms with van der Waals surface area (Å²) in [5.74, 6) is -0.473. The molecule has 1 amide bonds. The molecule has 0 aromatic rings. The summed E-state index contributed by atoms with van der Waals surface area (Å²) in [6.07, 6.45) is 72.2. The fourth-order valence-electron chi connectivity index (χ4n) is 9.87. The van der Waals surface area contributed by atoms with E-state index >= 15 is 0 Å². The minimum Gasteiger partial charge on any atom is -0.462 e. The van der Waals surface area contributed by atoms with E-state index in [0.717, 1.165) is 70.6 Å². The molecule has 3 N–H and O–H groups in total. The fourth-order valence-corrected chi connectivity index (χ4v) is 9.87. The Hall–Kier alpha value is -1.92. The summed E-state index contributed by atoms with van der Waals surface area (Å²) in [6.45, 7) is 6.51. The van der Waals surface area contributed by atoms with E-state index in [1.165, 1.54) is 225 Å². The molecule has 418 valence electrons. The lowest BCUT2D eigenvalue weighted by atomic mass is 10.0. The molecule has 0 fully saturated rings. The molecule has 0 aromatic heterocycles. The predicted octanol–water partition coefficient (Wildman–Crippen LogP) is 20.0. The summed E-state index contributed by atoms with van der Waals surface area (Å²) < 4.78 is 5.98. The third-order valence-corrected chi connectivity index (χ3v) is 14.7. The van der Waals surface area contributed by atoms with Gasteiger partial charge in [-0.2, -0.15) is 0 Å². The monoisotopic (exact) mass is 998 g/mol. The van der Waals surface area contributed by atoms with Crippen LogP contribution in [0.25, 0.3) is 0 Å². The number of rotatable bonds is 58. The maximum atomic E-state index is 13.3. The number of aliphatic hydroxyl groups is 2. The average molecular weight is 999 g/mol. The topological polar surface area (TPSA) is 95.9 Å². The number of hydrogen-bond donors (Lipinski definition) is 3. The molecule has 3 atom stereocenters. The first kappa shape index (κ1) is 69.1. The Bertz CT molecular complexity index is 1170. The quantitative estimate of drug-likeness (QED) is 0.0321. The molecule has 0 aromatic carbocycles. The van der Waals surface area contributed by atoms with Crippen molar-refractivity contribution in [1.29, 1.82) is 0 Å². The molecule has 0 aliphatic heterocycles. The summed E-state index contributed by atoms with van der Waals surface area (Å²) in [6, 6.07) is -0.706. The van der Waals surface area contributed by atoms with Crippen molar-refractivity contribution in [3.05, 3.63) is 36.5 Å². The van der Waals surface area contributed by atoms with E-state index in [9.17, 15) is 19.8 Å². The van der Waals surface area contributed by atoms with Crippen LogP contribution in [0.5, 0.6) is 0 Å². The van der Waals surface area contributed by atoms with Gasteiger partial charge in [-0.3, -0.25) is 9.59 Å². The van der Waals surface area contributed by atoms with Gasteiger partial charge in [0, 0.05) is 6.42 Å². The van der Waals surface area contributed by atoms with E-state index < -0.39 is 18.2 Å². The van der Waals surface area contributed by atoms with Gasteiger partial charge in [0.05, 0.1) is 25.2 Å². The minimum absolute atomic E-state index is 0.0723. The molecule has 0 rings (SSSR count). The number of aliphatic hydroxyl groups excluding tert-OH is 2. The van der Waals surface area contributed by atoms with Crippen molar-refractivity contribution >= 4 is 11.9 Å². The maximum Gasteiger partial charge on any atom is 0.306 e. The molecular formula is C65H123NO5. The first-order valence-electron chi connectivity index (χ1n) is 31.7. The first-order valence-corrected chi connectivity index (χ1v) is 31.7. The van der Waals surface area contributed by atoms with E-state index in [4.69, 9.17) is 4.74 Å². The van der Waals surface area contributed by atoms with E-state index in [2.05, 4.69) is 62.5 Å². The Labute approximate surface area is 443 Å². The first-order chi connectivity index (χ1) is 35.0. The van der Waals surface area contributed by atoms with Crippen LogP contribution >= 0.6 is 0 Å². The second kappa shape index (κ2) is 59.0. The van der Waals surface area contributed by atoms with Crippen LogP contribution in [-0.4, -0.2) is 46.9 Å². The number of amides is 1. The predicted molar refractivity (Wildman–Crippen MR) is 310 cm³/mol. The summed E-state index contributed by atoms with van der Waals surface area (Å²) in [5, 5.41) is 24.0.